The molecule has 2 aromatic rings. The van der Waals surface area contributed by atoms with Crippen LogP contribution in [0.25, 0.3) is 10.9 Å². The number of carbonyl (C=O) groups is 1. The zero-order valence-corrected chi connectivity index (χ0v) is 21.3. The van der Waals surface area contributed by atoms with Crippen LogP contribution in [-0.4, -0.2) is 64.1 Å². The Kier molecular flexibility index (Phi) is 5.22. The maximum absolute atomic E-state index is 15.2. The topological polar surface area (TPSA) is 67.8 Å². The van der Waals surface area contributed by atoms with Crippen LogP contribution in [-0.2, 0) is 4.74 Å². The van der Waals surface area contributed by atoms with Gasteiger partial charge in [-0.25, -0.2) is 19.2 Å². The van der Waals surface area contributed by atoms with Gasteiger partial charge in [0, 0.05) is 13.1 Å². The summed E-state index contributed by atoms with van der Waals surface area (Å²) < 4.78 is 27.0. The van der Waals surface area contributed by atoms with E-state index in [9.17, 15) is 4.79 Å². The number of hydrogen-bond donors (Lipinski definition) is 0. The fourth-order valence-electron chi connectivity index (χ4n) is 4.80. The van der Waals surface area contributed by atoms with Crippen molar-refractivity contribution in [1.29, 1.82) is 0 Å². The number of benzene rings is 1. The molecule has 32 heavy (non-hydrogen) atoms. The molecule has 1 amide bonds. The van der Waals surface area contributed by atoms with Gasteiger partial charge in [-0.1, -0.05) is 23.4 Å². The highest BCUT2D eigenvalue weighted by atomic mass is 79.9. The number of fused-ring (bicyclic) bond motifs is 2. The zero-order valence-electron chi connectivity index (χ0n) is 18.2. The van der Waals surface area contributed by atoms with E-state index in [1.54, 1.807) is 0 Å². The van der Waals surface area contributed by atoms with E-state index in [0.29, 0.717) is 48.2 Å². The predicted molar refractivity (Wildman–Crippen MR) is 126 cm³/mol. The van der Waals surface area contributed by atoms with Crippen LogP contribution in [0.5, 0.6) is 5.75 Å². The van der Waals surface area contributed by atoms with E-state index in [1.165, 1.54) is 11.8 Å². The largest absolute Gasteiger partial charge is 0.489 e. The molecule has 2 unspecified atom stereocenters. The fraction of sp³-hybridized carbons (Fsp3) is 0.571. The Morgan fingerprint density at radius 3 is 2.78 bits per heavy atom. The van der Waals surface area contributed by atoms with Crippen LogP contribution < -0.4 is 9.64 Å². The molecule has 3 aliphatic heterocycles. The van der Waals surface area contributed by atoms with Crippen molar-refractivity contribution in [2.24, 2.45) is 0 Å². The summed E-state index contributed by atoms with van der Waals surface area (Å²) in [6.45, 7) is 7.15. The van der Waals surface area contributed by atoms with Gasteiger partial charge in [0.2, 0.25) is 0 Å². The van der Waals surface area contributed by atoms with Crippen LogP contribution >= 0.6 is 39.3 Å². The van der Waals surface area contributed by atoms with Gasteiger partial charge >= 0.3 is 6.09 Å². The maximum Gasteiger partial charge on any atom is 0.410 e. The lowest BCUT2D eigenvalue weighted by atomic mass is 9.83. The molecule has 3 aliphatic rings. The summed E-state index contributed by atoms with van der Waals surface area (Å²) in [6, 6.07) is -0.0432. The van der Waals surface area contributed by atoms with Gasteiger partial charge in [-0.05, 0) is 55.8 Å². The van der Waals surface area contributed by atoms with Crippen molar-refractivity contribution >= 4 is 62.1 Å². The number of likely N-dealkylation sites (tertiary alicyclic amines) is 1. The summed E-state index contributed by atoms with van der Waals surface area (Å²) in [7, 11) is 0. The number of halogens is 3. The van der Waals surface area contributed by atoms with Gasteiger partial charge in [-0.2, -0.15) is 0 Å². The molecule has 0 aliphatic carbocycles. The highest BCUT2D eigenvalue weighted by molar-refractivity contribution is 9.10. The Morgan fingerprint density at radius 1 is 1.41 bits per heavy atom. The highest BCUT2D eigenvalue weighted by Gasteiger charge is 2.57. The summed E-state index contributed by atoms with van der Waals surface area (Å²) in [5.41, 5.74) is -0.750. The molecule has 172 valence electrons. The molecule has 1 spiro atoms. The molecule has 7 nitrogen and oxygen atoms in total. The Labute approximate surface area is 203 Å². The van der Waals surface area contributed by atoms with Crippen molar-refractivity contribution in [2.45, 2.75) is 56.0 Å². The first kappa shape index (κ1) is 22.3. The minimum Gasteiger partial charge on any atom is -0.489 e. The fourth-order valence-corrected chi connectivity index (χ4v) is 5.76. The number of anilines is 1. The van der Waals surface area contributed by atoms with Gasteiger partial charge in [-0.3, -0.25) is 0 Å². The predicted octanol–water partition coefficient (Wildman–Crippen LogP) is 5.26. The van der Waals surface area contributed by atoms with Gasteiger partial charge in [0.05, 0.1) is 21.4 Å². The summed E-state index contributed by atoms with van der Waals surface area (Å²) in [6.07, 6.45) is 3.12. The number of nitrogens with zero attached hydrogens (tertiary/aromatic N) is 4. The first-order valence-electron chi connectivity index (χ1n) is 10.4. The minimum atomic E-state index is -0.563. The number of ether oxygens (including phenoxy) is 2. The van der Waals surface area contributed by atoms with Crippen LogP contribution in [0, 0.1) is 5.82 Å². The molecular weight excluding hydrogens is 523 g/mol. The lowest BCUT2D eigenvalue weighted by Gasteiger charge is -2.50. The minimum absolute atomic E-state index is 0.0432. The van der Waals surface area contributed by atoms with Gasteiger partial charge in [0.15, 0.2) is 16.7 Å². The Hall–Kier alpha value is -1.52. The second-order valence-corrected chi connectivity index (χ2v) is 11.4. The summed E-state index contributed by atoms with van der Waals surface area (Å²) in [5.74, 6) is 0.444. The third-order valence-corrected chi connectivity index (χ3v) is 8.15. The molecule has 0 saturated carbocycles. The third-order valence-electron chi connectivity index (χ3n) is 6.27. The Bertz CT molecular complexity index is 1150. The number of amides is 1. The van der Waals surface area contributed by atoms with Gasteiger partial charge in [0.1, 0.15) is 28.6 Å². The van der Waals surface area contributed by atoms with Crippen LogP contribution in [0.1, 0.15) is 33.6 Å². The third kappa shape index (κ3) is 3.32. The second-order valence-electron chi connectivity index (χ2n) is 9.43. The normalized spacial score (nSPS) is 24.3. The van der Waals surface area contributed by atoms with E-state index >= 15 is 4.39 Å². The maximum atomic E-state index is 15.2. The lowest BCUT2D eigenvalue weighted by molar-refractivity contribution is -0.0377. The van der Waals surface area contributed by atoms with Crippen molar-refractivity contribution in [3.63, 3.8) is 0 Å². The van der Waals surface area contributed by atoms with Crippen molar-refractivity contribution in [3.05, 3.63) is 15.3 Å². The number of hydrogen-bond acceptors (Lipinski definition) is 7. The van der Waals surface area contributed by atoms with E-state index in [4.69, 9.17) is 26.1 Å². The molecule has 0 bridgehead atoms. The van der Waals surface area contributed by atoms with E-state index in [2.05, 4.69) is 25.8 Å². The van der Waals surface area contributed by atoms with Crippen LogP contribution in [0.15, 0.2) is 9.63 Å². The highest BCUT2D eigenvalue weighted by Crippen LogP contribution is 2.51. The van der Waals surface area contributed by atoms with Gasteiger partial charge in [-0.15, -0.1) is 0 Å². The lowest BCUT2D eigenvalue weighted by Crippen LogP contribution is -2.64. The number of thioether (sulfide) groups is 1. The van der Waals surface area contributed by atoms with Crippen molar-refractivity contribution in [3.8, 4) is 5.75 Å². The summed E-state index contributed by atoms with van der Waals surface area (Å²) >= 11 is 11.0. The van der Waals surface area contributed by atoms with E-state index < -0.39 is 11.4 Å². The molecule has 0 radical (unpaired) electrons. The average Bonchev–Trinajstić information content (AvgIpc) is 3.04. The van der Waals surface area contributed by atoms with Crippen molar-refractivity contribution in [2.75, 3.05) is 30.9 Å². The number of rotatable bonds is 1. The van der Waals surface area contributed by atoms with Gasteiger partial charge in [0.25, 0.3) is 0 Å². The first-order chi connectivity index (χ1) is 15.0. The molecule has 0 N–H and O–H groups in total. The average molecular weight is 546 g/mol. The smallest absolute Gasteiger partial charge is 0.410 e. The standard InChI is InChI=1S/C21H23BrClFN4O3S/c1-20(2,3)31-19(29)28-6-5-21(28)7-10-8-30-16-11-15(14(24)12(22)13(16)23)25-18(32-4)26-17(11)27(10)9-21/h10H,5-9H2,1-4H3. The van der Waals surface area contributed by atoms with E-state index in [1.807, 2.05) is 31.9 Å². The molecule has 2 saturated heterocycles. The molecule has 1 aromatic carbocycles. The molecular formula is C21H23BrClFN4O3S. The molecule has 2 fully saturated rings. The van der Waals surface area contributed by atoms with Crippen LogP contribution in [0.3, 0.4) is 0 Å². The quantitative estimate of drug-likeness (QED) is 0.275. The molecule has 5 rings (SSSR count). The monoisotopic (exact) mass is 544 g/mol. The first-order valence-corrected chi connectivity index (χ1v) is 12.8. The summed E-state index contributed by atoms with van der Waals surface area (Å²) in [5, 5.41) is 1.11. The molecule has 11 heteroatoms. The summed E-state index contributed by atoms with van der Waals surface area (Å²) in [4.78, 5) is 25.9. The van der Waals surface area contributed by atoms with Crippen molar-refractivity contribution < 1.29 is 18.7 Å². The number of aromatic nitrogens is 2. The zero-order chi connectivity index (χ0) is 23.0. The number of carbonyl (C=O) groups excluding carboxylic acids is 1. The molecule has 2 atom stereocenters. The molecule has 4 heterocycles. The Balaban J connectivity index is 1.59. The van der Waals surface area contributed by atoms with Crippen LogP contribution in [0.4, 0.5) is 15.0 Å². The molecule has 1 aromatic heterocycles. The van der Waals surface area contributed by atoms with Crippen molar-refractivity contribution in [1.82, 2.24) is 14.9 Å². The Morgan fingerprint density at radius 2 is 2.16 bits per heavy atom. The van der Waals surface area contributed by atoms with E-state index in [-0.39, 0.29) is 32.7 Å². The van der Waals surface area contributed by atoms with E-state index in [0.717, 1.165) is 6.42 Å². The van der Waals surface area contributed by atoms with Crippen LogP contribution in [0.2, 0.25) is 5.02 Å². The van der Waals surface area contributed by atoms with Gasteiger partial charge < -0.3 is 19.3 Å². The SMILES string of the molecule is CSc1nc2c3c(c(Cl)c(Br)c(F)c3n1)OCC1CC3(CCN3C(=O)OC(C)(C)C)CN21. The second kappa shape index (κ2) is 7.50.